The van der Waals surface area contributed by atoms with E-state index in [4.69, 9.17) is 9.47 Å². The second kappa shape index (κ2) is 7.55. The molecule has 0 bridgehead atoms. The van der Waals surface area contributed by atoms with E-state index in [1.54, 1.807) is 11.8 Å². The number of nitrogens with one attached hydrogen (secondary N) is 1. The molecule has 2 amide bonds. The highest BCUT2D eigenvalue weighted by molar-refractivity contribution is 5.84. The Bertz CT molecular complexity index is 578. The van der Waals surface area contributed by atoms with Gasteiger partial charge in [-0.05, 0) is 51.8 Å². The van der Waals surface area contributed by atoms with E-state index in [9.17, 15) is 9.59 Å². The number of carbonyl (C=O) groups excluding carboxylic acids is 2. The lowest BCUT2D eigenvalue weighted by Crippen LogP contribution is -2.35. The first kappa shape index (κ1) is 18.1. The number of hydrogen-bond acceptors (Lipinski definition) is 4. The summed E-state index contributed by atoms with van der Waals surface area (Å²) >= 11 is 0. The third-order valence-electron chi connectivity index (χ3n) is 3.74. The predicted molar refractivity (Wildman–Crippen MR) is 92.3 cm³/mol. The molecule has 1 fully saturated rings. The van der Waals surface area contributed by atoms with Crippen molar-refractivity contribution >= 4 is 17.9 Å². The second-order valence-electron chi connectivity index (χ2n) is 6.88. The third kappa shape index (κ3) is 5.15. The van der Waals surface area contributed by atoms with E-state index in [0.717, 1.165) is 12.0 Å². The fourth-order valence-electron chi connectivity index (χ4n) is 2.65. The molecule has 1 atom stereocenters. The van der Waals surface area contributed by atoms with Gasteiger partial charge in [-0.25, -0.2) is 9.59 Å². The highest BCUT2D eigenvalue weighted by Crippen LogP contribution is 2.29. The molecule has 1 aliphatic heterocycles. The summed E-state index contributed by atoms with van der Waals surface area (Å²) in [5.74, 6) is 0.286. The molecule has 1 aliphatic rings. The van der Waals surface area contributed by atoms with Gasteiger partial charge in [0.2, 0.25) is 0 Å². The van der Waals surface area contributed by atoms with Gasteiger partial charge < -0.3 is 14.4 Å². The Morgan fingerprint density at radius 3 is 2.50 bits per heavy atom. The van der Waals surface area contributed by atoms with Crippen LogP contribution in [0.3, 0.4) is 0 Å². The molecule has 1 saturated heterocycles. The summed E-state index contributed by atoms with van der Waals surface area (Å²) in [4.78, 5) is 25.3. The van der Waals surface area contributed by atoms with E-state index in [2.05, 4.69) is 5.32 Å². The average Bonchev–Trinajstić information content (AvgIpc) is 2.96. The SMILES string of the molecule is CCOC(=O)Nc1ccc([C@@H]2CCN(C(=O)OC(C)(C)C)C2)cc1. The van der Waals surface area contributed by atoms with Crippen LogP contribution in [0.1, 0.15) is 45.6 Å². The van der Waals surface area contributed by atoms with Crippen LogP contribution in [0, 0.1) is 0 Å². The zero-order valence-electron chi connectivity index (χ0n) is 14.8. The second-order valence-corrected chi connectivity index (χ2v) is 6.88. The Hall–Kier alpha value is -2.24. The fraction of sp³-hybridized carbons (Fsp3) is 0.556. The summed E-state index contributed by atoms with van der Waals surface area (Å²) in [6.45, 7) is 9.06. The van der Waals surface area contributed by atoms with Crippen molar-refractivity contribution in [3.8, 4) is 0 Å². The number of nitrogens with zero attached hydrogens (tertiary/aromatic N) is 1. The maximum absolute atomic E-state index is 12.1. The first-order valence-corrected chi connectivity index (χ1v) is 8.30. The van der Waals surface area contributed by atoms with E-state index < -0.39 is 11.7 Å². The summed E-state index contributed by atoms with van der Waals surface area (Å²) < 4.78 is 10.3. The van der Waals surface area contributed by atoms with Crippen molar-refractivity contribution in [2.75, 3.05) is 25.0 Å². The van der Waals surface area contributed by atoms with E-state index in [1.165, 1.54) is 0 Å². The zero-order chi connectivity index (χ0) is 17.7. The van der Waals surface area contributed by atoms with E-state index >= 15 is 0 Å². The van der Waals surface area contributed by atoms with E-state index in [1.807, 2.05) is 45.0 Å². The lowest BCUT2D eigenvalue weighted by Gasteiger charge is -2.24. The van der Waals surface area contributed by atoms with Crippen molar-refractivity contribution in [1.29, 1.82) is 0 Å². The zero-order valence-corrected chi connectivity index (χ0v) is 14.8. The number of benzene rings is 1. The first-order valence-electron chi connectivity index (χ1n) is 8.30. The van der Waals surface area contributed by atoms with Crippen LogP contribution < -0.4 is 5.32 Å². The van der Waals surface area contributed by atoms with E-state index in [-0.39, 0.29) is 12.0 Å². The molecular formula is C18H26N2O4. The van der Waals surface area contributed by atoms with Crippen LogP contribution in [-0.4, -0.2) is 42.4 Å². The number of hydrogen-bond donors (Lipinski definition) is 1. The van der Waals surface area contributed by atoms with Crippen molar-refractivity contribution in [2.45, 2.75) is 45.6 Å². The summed E-state index contributed by atoms with van der Waals surface area (Å²) in [6.07, 6.45) is 0.192. The third-order valence-corrected chi connectivity index (χ3v) is 3.74. The van der Waals surface area contributed by atoms with Gasteiger partial charge in [-0.2, -0.15) is 0 Å². The van der Waals surface area contributed by atoms with Crippen LogP contribution in [0.4, 0.5) is 15.3 Å². The molecular weight excluding hydrogens is 308 g/mol. The Balaban J connectivity index is 1.91. The van der Waals surface area contributed by atoms with Gasteiger partial charge in [0, 0.05) is 24.7 Å². The molecule has 6 nitrogen and oxygen atoms in total. The van der Waals surface area contributed by atoms with Crippen LogP contribution >= 0.6 is 0 Å². The number of ether oxygens (including phenoxy) is 2. The molecule has 0 aliphatic carbocycles. The minimum absolute atomic E-state index is 0.259. The molecule has 0 unspecified atom stereocenters. The highest BCUT2D eigenvalue weighted by Gasteiger charge is 2.30. The predicted octanol–water partition coefficient (Wildman–Crippen LogP) is 3.98. The van der Waals surface area contributed by atoms with Gasteiger partial charge in [-0.15, -0.1) is 0 Å². The summed E-state index contributed by atoms with van der Waals surface area (Å²) in [5.41, 5.74) is 1.37. The molecule has 1 heterocycles. The van der Waals surface area contributed by atoms with Gasteiger partial charge in [0.25, 0.3) is 0 Å². The summed E-state index contributed by atoms with van der Waals surface area (Å²) in [7, 11) is 0. The number of anilines is 1. The van der Waals surface area contributed by atoms with Crippen molar-refractivity contribution < 1.29 is 19.1 Å². The quantitative estimate of drug-likeness (QED) is 0.908. The Labute approximate surface area is 143 Å². The smallest absolute Gasteiger partial charge is 0.411 e. The molecule has 1 aromatic rings. The molecule has 0 saturated carbocycles. The standard InChI is InChI=1S/C18H26N2O4/c1-5-23-16(21)19-15-8-6-13(7-9-15)14-10-11-20(12-14)17(22)24-18(2,3)4/h6-9,14H,5,10-12H2,1-4H3,(H,19,21)/t14-/m1/s1. The van der Waals surface area contributed by atoms with Gasteiger partial charge in [0.15, 0.2) is 0 Å². The fourth-order valence-corrected chi connectivity index (χ4v) is 2.65. The average molecular weight is 334 g/mol. The van der Waals surface area contributed by atoms with Gasteiger partial charge in [0.05, 0.1) is 6.61 Å². The van der Waals surface area contributed by atoms with Gasteiger partial charge in [-0.1, -0.05) is 12.1 Å². The Kier molecular flexibility index (Phi) is 5.70. The lowest BCUT2D eigenvalue weighted by molar-refractivity contribution is 0.0292. The van der Waals surface area contributed by atoms with Gasteiger partial charge in [-0.3, -0.25) is 5.32 Å². The molecule has 1 aromatic carbocycles. The lowest BCUT2D eigenvalue weighted by atomic mass is 9.98. The van der Waals surface area contributed by atoms with Crippen LogP contribution in [0.15, 0.2) is 24.3 Å². The van der Waals surface area contributed by atoms with Crippen LogP contribution in [0.5, 0.6) is 0 Å². The van der Waals surface area contributed by atoms with Crippen LogP contribution in [0.2, 0.25) is 0 Å². The molecule has 24 heavy (non-hydrogen) atoms. The van der Waals surface area contributed by atoms with Crippen molar-refractivity contribution in [3.63, 3.8) is 0 Å². The molecule has 2 rings (SSSR count). The normalized spacial score (nSPS) is 17.5. The topological polar surface area (TPSA) is 67.9 Å². The maximum atomic E-state index is 12.1. The minimum atomic E-state index is -0.477. The largest absolute Gasteiger partial charge is 0.450 e. The van der Waals surface area contributed by atoms with E-state index in [0.29, 0.717) is 25.4 Å². The molecule has 0 aromatic heterocycles. The van der Waals surface area contributed by atoms with Crippen LogP contribution in [-0.2, 0) is 9.47 Å². The molecule has 0 radical (unpaired) electrons. The van der Waals surface area contributed by atoms with Crippen LogP contribution in [0.25, 0.3) is 0 Å². The molecule has 1 N–H and O–H groups in total. The Morgan fingerprint density at radius 1 is 1.25 bits per heavy atom. The summed E-state index contributed by atoms with van der Waals surface area (Å²) in [6, 6.07) is 7.65. The molecule has 6 heteroatoms. The maximum Gasteiger partial charge on any atom is 0.411 e. The van der Waals surface area contributed by atoms with Crippen molar-refractivity contribution in [2.24, 2.45) is 0 Å². The van der Waals surface area contributed by atoms with Gasteiger partial charge in [0.1, 0.15) is 5.60 Å². The highest BCUT2D eigenvalue weighted by atomic mass is 16.6. The number of likely N-dealkylation sites (tertiary alicyclic amines) is 1. The molecule has 132 valence electrons. The number of rotatable bonds is 3. The summed E-state index contributed by atoms with van der Waals surface area (Å²) in [5, 5.41) is 2.67. The first-order chi connectivity index (χ1) is 11.3. The monoisotopic (exact) mass is 334 g/mol. The number of amides is 2. The van der Waals surface area contributed by atoms with Crippen molar-refractivity contribution in [1.82, 2.24) is 4.90 Å². The number of carbonyl (C=O) groups is 2. The van der Waals surface area contributed by atoms with Gasteiger partial charge >= 0.3 is 12.2 Å². The minimum Gasteiger partial charge on any atom is -0.450 e. The Morgan fingerprint density at radius 2 is 1.92 bits per heavy atom. The van der Waals surface area contributed by atoms with Crippen molar-refractivity contribution in [3.05, 3.63) is 29.8 Å². The molecule has 0 spiro atoms.